The van der Waals surface area contributed by atoms with Gasteiger partial charge in [0.15, 0.2) is 11.5 Å². The Labute approximate surface area is 173 Å². The van der Waals surface area contributed by atoms with Gasteiger partial charge in [0.2, 0.25) is 6.79 Å². The van der Waals surface area contributed by atoms with Gasteiger partial charge in [-0.2, -0.15) is 0 Å². The van der Waals surface area contributed by atoms with Crippen molar-refractivity contribution in [1.29, 1.82) is 0 Å². The minimum absolute atomic E-state index is 0.0871. The maximum atomic E-state index is 13.2. The van der Waals surface area contributed by atoms with Gasteiger partial charge in [0.05, 0.1) is 6.20 Å². The molecule has 2 aliphatic heterocycles. The summed E-state index contributed by atoms with van der Waals surface area (Å²) in [5.41, 5.74) is 3.48. The Morgan fingerprint density at radius 2 is 2.00 bits per heavy atom. The number of amides is 1. The standard InChI is InChI=1S/C23H22N2O3S/c1-15-4-6-16(7-5-15)11-18-3-2-10-25(18)23(26)21-13-24-22(29-21)17-8-9-19-20(12-17)28-14-27-19/h4-9,12-13,18H,2-3,10-11,14H2,1H3. The van der Waals surface area contributed by atoms with Crippen LogP contribution in [0.2, 0.25) is 0 Å². The largest absolute Gasteiger partial charge is 0.454 e. The average molecular weight is 407 g/mol. The molecule has 0 spiro atoms. The van der Waals surface area contributed by atoms with Crippen LogP contribution in [0, 0.1) is 6.92 Å². The molecule has 1 unspecified atom stereocenters. The lowest BCUT2D eigenvalue weighted by atomic mass is 10.0. The molecule has 0 N–H and O–H groups in total. The van der Waals surface area contributed by atoms with Gasteiger partial charge in [-0.25, -0.2) is 4.98 Å². The molecule has 0 aliphatic carbocycles. The minimum Gasteiger partial charge on any atom is -0.454 e. The van der Waals surface area contributed by atoms with Gasteiger partial charge in [-0.3, -0.25) is 4.79 Å². The number of likely N-dealkylation sites (tertiary alicyclic amines) is 1. The molecule has 5 rings (SSSR count). The first kappa shape index (κ1) is 18.2. The second-order valence-corrected chi connectivity index (χ2v) is 8.61. The highest BCUT2D eigenvalue weighted by atomic mass is 32.1. The van der Waals surface area contributed by atoms with Crippen LogP contribution >= 0.6 is 11.3 Å². The van der Waals surface area contributed by atoms with Crippen molar-refractivity contribution in [2.75, 3.05) is 13.3 Å². The molecule has 2 aliphatic rings. The van der Waals surface area contributed by atoms with E-state index in [4.69, 9.17) is 9.47 Å². The van der Waals surface area contributed by atoms with Gasteiger partial charge in [0, 0.05) is 18.2 Å². The number of carbonyl (C=O) groups excluding carboxylic acids is 1. The molecular formula is C23H22N2O3S. The third-order valence-corrected chi connectivity index (χ3v) is 6.60. The molecule has 6 heteroatoms. The van der Waals surface area contributed by atoms with Crippen molar-refractivity contribution >= 4 is 17.2 Å². The molecule has 1 aromatic heterocycles. The van der Waals surface area contributed by atoms with E-state index >= 15 is 0 Å². The number of hydrogen-bond donors (Lipinski definition) is 0. The summed E-state index contributed by atoms with van der Waals surface area (Å²) in [4.78, 5) is 20.4. The highest BCUT2D eigenvalue weighted by molar-refractivity contribution is 7.16. The summed E-state index contributed by atoms with van der Waals surface area (Å²) in [5, 5.41) is 0.820. The lowest BCUT2D eigenvalue weighted by molar-refractivity contribution is 0.0741. The number of aromatic nitrogens is 1. The fraction of sp³-hybridized carbons (Fsp3) is 0.304. The zero-order chi connectivity index (χ0) is 19.8. The van der Waals surface area contributed by atoms with Crippen molar-refractivity contribution in [3.63, 3.8) is 0 Å². The first-order valence-electron chi connectivity index (χ1n) is 9.90. The molecule has 1 saturated heterocycles. The molecule has 3 aromatic rings. The minimum atomic E-state index is 0.0871. The van der Waals surface area contributed by atoms with Crippen LogP contribution in [0.4, 0.5) is 0 Å². The predicted octanol–water partition coefficient (Wildman–Crippen LogP) is 4.69. The molecule has 2 aromatic carbocycles. The monoisotopic (exact) mass is 406 g/mol. The van der Waals surface area contributed by atoms with Crippen molar-refractivity contribution in [3.8, 4) is 22.1 Å². The average Bonchev–Trinajstić information content (AvgIpc) is 3.49. The summed E-state index contributed by atoms with van der Waals surface area (Å²) in [6.07, 6.45) is 4.71. The van der Waals surface area contributed by atoms with Gasteiger partial charge in [-0.1, -0.05) is 29.8 Å². The summed E-state index contributed by atoms with van der Waals surface area (Å²) >= 11 is 1.44. The molecule has 1 amide bonds. The fourth-order valence-electron chi connectivity index (χ4n) is 3.99. The normalized spacial score (nSPS) is 17.7. The number of hydrogen-bond acceptors (Lipinski definition) is 5. The van der Waals surface area contributed by atoms with Crippen LogP contribution in [-0.4, -0.2) is 35.2 Å². The third-order valence-electron chi connectivity index (χ3n) is 5.57. The SMILES string of the molecule is Cc1ccc(CC2CCCN2C(=O)c2cnc(-c3ccc4c(c3)OCO4)s2)cc1. The Balaban J connectivity index is 1.33. The fourth-order valence-corrected chi connectivity index (χ4v) is 4.86. The smallest absolute Gasteiger partial charge is 0.265 e. The zero-order valence-corrected chi connectivity index (χ0v) is 17.1. The number of thiazole rings is 1. The maximum absolute atomic E-state index is 13.2. The van der Waals surface area contributed by atoms with Crippen LogP contribution in [0.25, 0.3) is 10.6 Å². The molecule has 148 valence electrons. The number of fused-ring (bicyclic) bond motifs is 1. The number of aryl methyl sites for hydroxylation is 1. The van der Waals surface area contributed by atoms with Crippen molar-refractivity contribution in [2.24, 2.45) is 0 Å². The molecule has 29 heavy (non-hydrogen) atoms. The molecule has 3 heterocycles. The van der Waals surface area contributed by atoms with Crippen LogP contribution in [-0.2, 0) is 6.42 Å². The summed E-state index contributed by atoms with van der Waals surface area (Å²) in [5.74, 6) is 1.56. The van der Waals surface area contributed by atoms with E-state index in [-0.39, 0.29) is 18.7 Å². The van der Waals surface area contributed by atoms with E-state index < -0.39 is 0 Å². The molecule has 1 atom stereocenters. The second-order valence-electron chi connectivity index (χ2n) is 7.58. The van der Waals surface area contributed by atoms with Crippen LogP contribution in [0.15, 0.2) is 48.7 Å². The highest BCUT2D eigenvalue weighted by Gasteiger charge is 2.30. The summed E-state index contributed by atoms with van der Waals surface area (Å²) in [6, 6.07) is 14.6. The Hall–Kier alpha value is -2.86. The lowest BCUT2D eigenvalue weighted by Crippen LogP contribution is -2.36. The number of carbonyl (C=O) groups is 1. The van der Waals surface area contributed by atoms with E-state index in [2.05, 4.69) is 36.2 Å². The highest BCUT2D eigenvalue weighted by Crippen LogP contribution is 2.37. The molecule has 1 fully saturated rings. The van der Waals surface area contributed by atoms with Crippen molar-refractivity contribution in [3.05, 3.63) is 64.7 Å². The molecule has 0 bridgehead atoms. The van der Waals surface area contributed by atoms with E-state index in [0.29, 0.717) is 4.88 Å². The quantitative estimate of drug-likeness (QED) is 0.631. The summed E-state index contributed by atoms with van der Waals surface area (Å²) < 4.78 is 10.8. The summed E-state index contributed by atoms with van der Waals surface area (Å²) in [6.45, 7) is 3.15. The lowest BCUT2D eigenvalue weighted by Gasteiger charge is -2.24. The van der Waals surface area contributed by atoms with Crippen molar-refractivity contribution in [1.82, 2.24) is 9.88 Å². The van der Waals surface area contributed by atoms with Crippen LogP contribution < -0.4 is 9.47 Å². The maximum Gasteiger partial charge on any atom is 0.265 e. The summed E-state index contributed by atoms with van der Waals surface area (Å²) in [7, 11) is 0. The number of ether oxygens (including phenoxy) is 2. The van der Waals surface area contributed by atoms with Gasteiger partial charge in [-0.05, 0) is 49.9 Å². The van der Waals surface area contributed by atoms with Crippen LogP contribution in [0.5, 0.6) is 11.5 Å². The van der Waals surface area contributed by atoms with Gasteiger partial charge in [-0.15, -0.1) is 11.3 Å². The predicted molar refractivity (Wildman–Crippen MR) is 113 cm³/mol. The first-order chi connectivity index (χ1) is 14.2. The number of rotatable bonds is 4. The first-order valence-corrected chi connectivity index (χ1v) is 10.7. The molecular weight excluding hydrogens is 384 g/mol. The van der Waals surface area contributed by atoms with E-state index in [1.807, 2.05) is 23.1 Å². The Morgan fingerprint density at radius 1 is 1.17 bits per heavy atom. The Kier molecular flexibility index (Phi) is 4.72. The topological polar surface area (TPSA) is 51.7 Å². The van der Waals surface area contributed by atoms with Crippen LogP contribution in [0.1, 0.15) is 33.6 Å². The Morgan fingerprint density at radius 3 is 2.86 bits per heavy atom. The van der Waals surface area contributed by atoms with E-state index in [9.17, 15) is 4.79 Å². The Bertz CT molecular complexity index is 1040. The van der Waals surface area contributed by atoms with E-state index in [0.717, 1.165) is 47.9 Å². The van der Waals surface area contributed by atoms with E-state index in [1.54, 1.807) is 6.20 Å². The second kappa shape index (κ2) is 7.52. The van der Waals surface area contributed by atoms with Crippen molar-refractivity contribution in [2.45, 2.75) is 32.2 Å². The molecule has 5 nitrogen and oxygen atoms in total. The van der Waals surface area contributed by atoms with E-state index in [1.165, 1.54) is 22.5 Å². The zero-order valence-electron chi connectivity index (χ0n) is 16.3. The van der Waals surface area contributed by atoms with Crippen molar-refractivity contribution < 1.29 is 14.3 Å². The molecule has 0 saturated carbocycles. The number of benzene rings is 2. The molecule has 0 radical (unpaired) electrons. The van der Waals surface area contributed by atoms with Crippen LogP contribution in [0.3, 0.4) is 0 Å². The third kappa shape index (κ3) is 3.60. The van der Waals surface area contributed by atoms with Gasteiger partial charge >= 0.3 is 0 Å². The number of nitrogens with zero attached hydrogens (tertiary/aromatic N) is 2. The van der Waals surface area contributed by atoms with Gasteiger partial charge < -0.3 is 14.4 Å². The van der Waals surface area contributed by atoms with Gasteiger partial charge in [0.1, 0.15) is 9.88 Å². The van der Waals surface area contributed by atoms with Gasteiger partial charge in [0.25, 0.3) is 5.91 Å².